The van der Waals surface area contributed by atoms with Crippen LogP contribution in [0.2, 0.25) is 0 Å². The number of aromatic nitrogens is 1. The Morgan fingerprint density at radius 2 is 1.50 bits per heavy atom. The topological polar surface area (TPSA) is 46.8 Å². The normalized spacial score (nSPS) is 11.6. The van der Waals surface area contributed by atoms with Crippen molar-refractivity contribution in [3.05, 3.63) is 23.5 Å². The highest BCUT2D eigenvalue weighted by molar-refractivity contribution is 5.82. The molecule has 4 nitrogen and oxygen atoms in total. The van der Waals surface area contributed by atoms with Gasteiger partial charge in [-0.3, -0.25) is 9.98 Å². The molecule has 0 saturated carbocycles. The summed E-state index contributed by atoms with van der Waals surface area (Å²) in [5.74, 6) is 0.786. The Bertz CT molecular complexity index is 405. The van der Waals surface area contributed by atoms with E-state index >= 15 is 0 Å². The molecule has 0 N–H and O–H groups in total. The standard InChI is InChI=1S/C16H25N3O/c1-4-6-8-17-12-14-10-16(20-3)11-15(19-14)13-18-9-7-5-2/h10-13H,4-9H2,1-3H3. The fourth-order valence-corrected chi connectivity index (χ4v) is 1.61. The molecule has 0 aliphatic rings. The van der Waals surface area contributed by atoms with Crippen LogP contribution >= 0.6 is 0 Å². The molecular weight excluding hydrogens is 250 g/mol. The van der Waals surface area contributed by atoms with Crippen molar-refractivity contribution in [2.45, 2.75) is 39.5 Å². The summed E-state index contributed by atoms with van der Waals surface area (Å²) in [6.07, 6.45) is 8.12. The van der Waals surface area contributed by atoms with Crippen molar-refractivity contribution >= 4 is 12.4 Å². The van der Waals surface area contributed by atoms with Gasteiger partial charge in [-0.2, -0.15) is 0 Å². The fourth-order valence-electron chi connectivity index (χ4n) is 1.61. The van der Waals surface area contributed by atoms with Gasteiger partial charge in [-0.15, -0.1) is 0 Å². The highest BCUT2D eigenvalue weighted by Gasteiger charge is 1.99. The third kappa shape index (κ3) is 6.45. The van der Waals surface area contributed by atoms with Crippen LogP contribution in [0, 0.1) is 0 Å². The molecule has 0 spiro atoms. The molecule has 0 aromatic carbocycles. The first-order valence-corrected chi connectivity index (χ1v) is 7.35. The van der Waals surface area contributed by atoms with Gasteiger partial charge in [0.15, 0.2) is 0 Å². The molecule has 4 heteroatoms. The smallest absolute Gasteiger partial charge is 0.123 e. The summed E-state index contributed by atoms with van der Waals surface area (Å²) in [5.41, 5.74) is 1.63. The van der Waals surface area contributed by atoms with Crippen molar-refractivity contribution in [1.29, 1.82) is 0 Å². The van der Waals surface area contributed by atoms with Gasteiger partial charge < -0.3 is 4.74 Å². The molecular formula is C16H25N3O. The molecule has 1 rings (SSSR count). The molecule has 1 aromatic heterocycles. The number of nitrogens with zero attached hydrogens (tertiary/aromatic N) is 3. The lowest BCUT2D eigenvalue weighted by molar-refractivity contribution is 0.414. The summed E-state index contributed by atoms with van der Waals surface area (Å²) in [6, 6.07) is 3.78. The maximum absolute atomic E-state index is 5.29. The largest absolute Gasteiger partial charge is 0.497 e. The average molecular weight is 275 g/mol. The molecule has 1 heterocycles. The predicted molar refractivity (Wildman–Crippen MR) is 85.5 cm³/mol. The molecule has 0 atom stereocenters. The van der Waals surface area contributed by atoms with Crippen LogP contribution in [0.5, 0.6) is 5.75 Å². The van der Waals surface area contributed by atoms with Gasteiger partial charge in [0.25, 0.3) is 0 Å². The predicted octanol–water partition coefficient (Wildman–Crippen LogP) is 3.53. The van der Waals surface area contributed by atoms with E-state index in [1.807, 2.05) is 24.6 Å². The second kappa shape index (κ2) is 10.1. The second-order valence-electron chi connectivity index (χ2n) is 4.63. The van der Waals surface area contributed by atoms with Gasteiger partial charge in [-0.05, 0) is 12.8 Å². The average Bonchev–Trinajstić information content (AvgIpc) is 2.48. The molecule has 0 amide bonds. The van der Waals surface area contributed by atoms with Crippen LogP contribution in [0.3, 0.4) is 0 Å². The molecule has 0 radical (unpaired) electrons. The Balaban J connectivity index is 2.74. The molecule has 110 valence electrons. The van der Waals surface area contributed by atoms with E-state index in [9.17, 15) is 0 Å². The lowest BCUT2D eigenvalue weighted by Crippen LogP contribution is -1.97. The van der Waals surface area contributed by atoms with Gasteiger partial charge in [0.2, 0.25) is 0 Å². The highest BCUT2D eigenvalue weighted by Crippen LogP contribution is 2.12. The van der Waals surface area contributed by atoms with Crippen molar-refractivity contribution < 1.29 is 4.74 Å². The Labute approximate surface area is 122 Å². The summed E-state index contributed by atoms with van der Waals surface area (Å²) >= 11 is 0. The number of pyridine rings is 1. The zero-order chi connectivity index (χ0) is 14.6. The van der Waals surface area contributed by atoms with E-state index in [0.29, 0.717) is 0 Å². The minimum Gasteiger partial charge on any atom is -0.497 e. The van der Waals surface area contributed by atoms with E-state index in [1.54, 1.807) is 7.11 Å². The van der Waals surface area contributed by atoms with E-state index in [2.05, 4.69) is 28.8 Å². The first kappa shape index (κ1) is 16.3. The Kier molecular flexibility index (Phi) is 8.27. The Morgan fingerprint density at radius 1 is 1.00 bits per heavy atom. The lowest BCUT2D eigenvalue weighted by Gasteiger charge is -2.03. The second-order valence-corrected chi connectivity index (χ2v) is 4.63. The van der Waals surface area contributed by atoms with Gasteiger partial charge in [0.1, 0.15) is 5.75 Å². The quantitative estimate of drug-likeness (QED) is 0.511. The van der Waals surface area contributed by atoms with Gasteiger partial charge in [0, 0.05) is 37.7 Å². The van der Waals surface area contributed by atoms with Crippen LogP contribution < -0.4 is 4.74 Å². The Hall–Kier alpha value is -1.71. The van der Waals surface area contributed by atoms with Gasteiger partial charge in [-0.1, -0.05) is 26.7 Å². The zero-order valence-electron chi connectivity index (χ0n) is 12.8. The van der Waals surface area contributed by atoms with Crippen LogP contribution in [0.15, 0.2) is 22.1 Å². The molecule has 20 heavy (non-hydrogen) atoms. The molecule has 1 aromatic rings. The summed E-state index contributed by atoms with van der Waals surface area (Å²) in [4.78, 5) is 13.2. The van der Waals surface area contributed by atoms with E-state index in [0.717, 1.165) is 55.9 Å². The minimum atomic E-state index is 0.786. The first-order valence-electron chi connectivity index (χ1n) is 7.35. The lowest BCUT2D eigenvalue weighted by atomic mass is 10.3. The van der Waals surface area contributed by atoms with Gasteiger partial charge >= 0.3 is 0 Å². The first-order chi connectivity index (χ1) is 9.80. The maximum Gasteiger partial charge on any atom is 0.123 e. The van der Waals surface area contributed by atoms with E-state index in [1.165, 1.54) is 0 Å². The molecule has 0 saturated heterocycles. The highest BCUT2D eigenvalue weighted by atomic mass is 16.5. The molecule has 0 aliphatic heterocycles. The van der Waals surface area contributed by atoms with E-state index in [-0.39, 0.29) is 0 Å². The van der Waals surface area contributed by atoms with Crippen molar-refractivity contribution in [1.82, 2.24) is 4.98 Å². The molecule has 0 unspecified atom stereocenters. The number of hydrogen-bond acceptors (Lipinski definition) is 4. The third-order valence-corrected chi connectivity index (χ3v) is 2.80. The van der Waals surface area contributed by atoms with Crippen LogP contribution in [0.25, 0.3) is 0 Å². The number of methoxy groups -OCH3 is 1. The van der Waals surface area contributed by atoms with Crippen LogP contribution in [-0.4, -0.2) is 37.6 Å². The van der Waals surface area contributed by atoms with Crippen molar-refractivity contribution in [2.75, 3.05) is 20.2 Å². The molecule has 0 bridgehead atoms. The minimum absolute atomic E-state index is 0.786. The van der Waals surface area contributed by atoms with Gasteiger partial charge in [0.05, 0.1) is 18.5 Å². The van der Waals surface area contributed by atoms with Crippen LogP contribution in [0.1, 0.15) is 50.9 Å². The number of unbranched alkanes of at least 4 members (excludes halogenated alkanes) is 2. The third-order valence-electron chi connectivity index (χ3n) is 2.80. The summed E-state index contributed by atoms with van der Waals surface area (Å²) in [6.45, 7) is 6.00. The van der Waals surface area contributed by atoms with Crippen LogP contribution in [-0.2, 0) is 0 Å². The molecule has 0 fully saturated rings. The van der Waals surface area contributed by atoms with Crippen LogP contribution in [0.4, 0.5) is 0 Å². The monoisotopic (exact) mass is 275 g/mol. The summed E-state index contributed by atoms with van der Waals surface area (Å²) in [5, 5.41) is 0. The zero-order valence-corrected chi connectivity index (χ0v) is 12.8. The van der Waals surface area contributed by atoms with E-state index < -0.39 is 0 Å². The Morgan fingerprint density at radius 3 is 1.90 bits per heavy atom. The van der Waals surface area contributed by atoms with E-state index in [4.69, 9.17) is 4.74 Å². The maximum atomic E-state index is 5.29. The number of ether oxygens (including phenoxy) is 1. The summed E-state index contributed by atoms with van der Waals surface area (Å²) < 4.78 is 5.29. The fraction of sp³-hybridized carbons (Fsp3) is 0.562. The summed E-state index contributed by atoms with van der Waals surface area (Å²) in [7, 11) is 1.66. The SMILES string of the molecule is CCCCN=Cc1cc(OC)cc(C=NCCCC)n1. The van der Waals surface area contributed by atoms with Crippen molar-refractivity contribution in [3.8, 4) is 5.75 Å². The number of rotatable bonds is 9. The molecule has 0 aliphatic carbocycles. The van der Waals surface area contributed by atoms with Crippen molar-refractivity contribution in [3.63, 3.8) is 0 Å². The number of aliphatic imine (C=N–C) groups is 2. The number of hydrogen-bond donors (Lipinski definition) is 0. The van der Waals surface area contributed by atoms with Gasteiger partial charge in [-0.25, -0.2) is 4.98 Å². The van der Waals surface area contributed by atoms with Crippen molar-refractivity contribution in [2.24, 2.45) is 9.98 Å².